The summed E-state index contributed by atoms with van der Waals surface area (Å²) in [6.07, 6.45) is 0.119. The van der Waals surface area contributed by atoms with Gasteiger partial charge in [-0.3, -0.25) is 9.59 Å². The van der Waals surface area contributed by atoms with Gasteiger partial charge in [-0.15, -0.1) is 0 Å². The van der Waals surface area contributed by atoms with Gasteiger partial charge in [0.15, 0.2) is 0 Å². The number of rotatable bonds is 4. The molecule has 1 aromatic rings. The van der Waals surface area contributed by atoms with Crippen LogP contribution in [0.25, 0.3) is 0 Å². The molecule has 0 aromatic carbocycles. The van der Waals surface area contributed by atoms with Crippen molar-refractivity contribution in [2.45, 2.75) is 20.3 Å². The van der Waals surface area contributed by atoms with Crippen molar-refractivity contribution in [3.05, 3.63) is 27.4 Å². The molecule has 8 nitrogen and oxygen atoms in total. The molecule has 0 aliphatic carbocycles. The van der Waals surface area contributed by atoms with E-state index in [4.69, 9.17) is 0 Å². The minimum atomic E-state index is -0.417. The lowest BCUT2D eigenvalue weighted by Crippen LogP contribution is -2.50. The summed E-state index contributed by atoms with van der Waals surface area (Å²) in [5, 5.41) is 0. The monoisotopic (exact) mass is 335 g/mol. The van der Waals surface area contributed by atoms with Crippen LogP contribution in [0.2, 0.25) is 0 Å². The molecule has 2 amide bonds. The number of nitrogens with zero attached hydrogens (tertiary/aromatic N) is 4. The van der Waals surface area contributed by atoms with E-state index in [0.717, 1.165) is 13.1 Å². The van der Waals surface area contributed by atoms with Gasteiger partial charge in [-0.1, -0.05) is 0 Å². The van der Waals surface area contributed by atoms with E-state index in [-0.39, 0.29) is 24.8 Å². The first-order valence-corrected chi connectivity index (χ1v) is 8.04. The quantitative estimate of drug-likeness (QED) is 0.775. The van der Waals surface area contributed by atoms with Crippen LogP contribution < -0.4 is 5.69 Å². The van der Waals surface area contributed by atoms with Crippen LogP contribution in [0.4, 0.5) is 0 Å². The van der Waals surface area contributed by atoms with Crippen molar-refractivity contribution in [2.75, 3.05) is 46.8 Å². The maximum atomic E-state index is 12.4. The summed E-state index contributed by atoms with van der Waals surface area (Å²) in [4.78, 5) is 47.8. The first-order valence-electron chi connectivity index (χ1n) is 8.04. The fraction of sp³-hybridized carbons (Fsp3) is 0.625. The molecule has 0 spiro atoms. The Morgan fingerprint density at radius 1 is 1.21 bits per heavy atom. The molecule has 24 heavy (non-hydrogen) atoms. The number of piperazine rings is 1. The highest BCUT2D eigenvalue weighted by Gasteiger charge is 2.22. The van der Waals surface area contributed by atoms with Crippen LogP contribution in [0.1, 0.15) is 17.0 Å². The fourth-order valence-electron chi connectivity index (χ4n) is 2.75. The maximum Gasteiger partial charge on any atom is 0.345 e. The van der Waals surface area contributed by atoms with Gasteiger partial charge < -0.3 is 19.7 Å². The summed E-state index contributed by atoms with van der Waals surface area (Å²) >= 11 is 0. The van der Waals surface area contributed by atoms with Crippen molar-refractivity contribution in [1.82, 2.24) is 24.7 Å². The molecule has 0 radical (unpaired) electrons. The molecule has 0 atom stereocenters. The van der Waals surface area contributed by atoms with Crippen LogP contribution in [-0.4, -0.2) is 83.3 Å². The number of aromatic amines is 1. The molecule has 2 heterocycles. The lowest BCUT2D eigenvalue weighted by molar-refractivity contribution is -0.140. The Balaban J connectivity index is 1.95. The van der Waals surface area contributed by atoms with Crippen molar-refractivity contribution in [2.24, 2.45) is 0 Å². The summed E-state index contributed by atoms with van der Waals surface area (Å²) in [5.74, 6) is -0.204. The third-order valence-corrected chi connectivity index (χ3v) is 4.44. The molecule has 0 unspecified atom stereocenters. The molecule has 1 fully saturated rings. The zero-order valence-corrected chi connectivity index (χ0v) is 14.8. The number of hydrogen-bond acceptors (Lipinski definition) is 5. The minimum Gasteiger partial charge on any atom is -0.339 e. The van der Waals surface area contributed by atoms with Crippen LogP contribution in [0.5, 0.6) is 0 Å². The van der Waals surface area contributed by atoms with E-state index < -0.39 is 5.69 Å². The predicted molar refractivity (Wildman–Crippen MR) is 89.7 cm³/mol. The Labute approximate surface area is 141 Å². The largest absolute Gasteiger partial charge is 0.345 e. The minimum absolute atomic E-state index is 0.0352. The second-order valence-electron chi connectivity index (χ2n) is 6.34. The highest BCUT2D eigenvalue weighted by atomic mass is 16.2. The highest BCUT2D eigenvalue weighted by molar-refractivity contribution is 5.86. The summed E-state index contributed by atoms with van der Waals surface area (Å²) in [6.45, 7) is 6.61. The number of H-pyrrole nitrogens is 1. The number of amides is 2. The van der Waals surface area contributed by atoms with Gasteiger partial charge in [0.1, 0.15) is 0 Å². The van der Waals surface area contributed by atoms with Crippen LogP contribution in [-0.2, 0) is 16.0 Å². The normalized spacial score (nSPS) is 15.4. The van der Waals surface area contributed by atoms with E-state index in [0.29, 0.717) is 30.0 Å². The van der Waals surface area contributed by atoms with Crippen molar-refractivity contribution in [3.8, 4) is 0 Å². The zero-order chi connectivity index (χ0) is 17.9. The van der Waals surface area contributed by atoms with E-state index in [1.165, 1.54) is 4.90 Å². The number of nitrogens with one attached hydrogen (secondary N) is 1. The zero-order valence-electron chi connectivity index (χ0n) is 14.8. The topological polar surface area (TPSA) is 89.6 Å². The molecule has 0 saturated carbocycles. The Morgan fingerprint density at radius 2 is 1.83 bits per heavy atom. The average Bonchev–Trinajstić information content (AvgIpc) is 2.51. The number of likely N-dealkylation sites (N-methyl/N-ethyl adjacent to an activating group) is 2. The molecule has 1 saturated heterocycles. The average molecular weight is 335 g/mol. The van der Waals surface area contributed by atoms with Gasteiger partial charge >= 0.3 is 5.69 Å². The molecule has 1 aliphatic heterocycles. The number of carbonyl (C=O) groups is 2. The Hall–Kier alpha value is -2.22. The number of aromatic nitrogens is 2. The molecule has 2 rings (SSSR count). The summed E-state index contributed by atoms with van der Waals surface area (Å²) in [5.41, 5.74) is 1.47. The van der Waals surface area contributed by atoms with E-state index in [1.54, 1.807) is 25.8 Å². The van der Waals surface area contributed by atoms with E-state index >= 15 is 0 Å². The van der Waals surface area contributed by atoms with Gasteiger partial charge in [-0.25, -0.2) is 4.79 Å². The third kappa shape index (κ3) is 4.41. The van der Waals surface area contributed by atoms with Crippen molar-refractivity contribution >= 4 is 11.8 Å². The number of carbonyl (C=O) groups excluding carboxylic acids is 2. The van der Waals surface area contributed by atoms with E-state index in [9.17, 15) is 14.4 Å². The highest BCUT2D eigenvalue weighted by Crippen LogP contribution is 2.09. The first-order chi connectivity index (χ1) is 11.3. The molecule has 1 aliphatic rings. The molecule has 0 bridgehead atoms. The predicted octanol–water partition coefficient (Wildman–Crippen LogP) is -0.838. The van der Waals surface area contributed by atoms with Crippen LogP contribution in [0, 0.1) is 13.8 Å². The Bertz CT molecular complexity index is 651. The van der Waals surface area contributed by atoms with Crippen molar-refractivity contribution in [3.63, 3.8) is 0 Å². The van der Waals surface area contributed by atoms with E-state index in [1.807, 2.05) is 7.05 Å². The second kappa shape index (κ2) is 7.57. The summed E-state index contributed by atoms with van der Waals surface area (Å²) < 4.78 is 0. The summed E-state index contributed by atoms with van der Waals surface area (Å²) in [7, 11) is 3.65. The molecule has 1 N–H and O–H groups in total. The Morgan fingerprint density at radius 3 is 2.42 bits per heavy atom. The van der Waals surface area contributed by atoms with Crippen LogP contribution in [0.3, 0.4) is 0 Å². The lowest BCUT2D eigenvalue weighted by Gasteiger charge is -2.33. The lowest BCUT2D eigenvalue weighted by atomic mass is 10.1. The van der Waals surface area contributed by atoms with Gasteiger partial charge in [0, 0.05) is 50.2 Å². The fourth-order valence-corrected chi connectivity index (χ4v) is 2.75. The standard InChI is InChI=1S/C16H25N5O3/c1-11-13(12(2)18-16(24)17-11)9-14(22)20(4)10-15(23)21-7-5-19(3)6-8-21/h5-10H2,1-4H3,(H,17,18,24). The maximum absolute atomic E-state index is 12.4. The molecular weight excluding hydrogens is 310 g/mol. The number of hydrogen-bond donors (Lipinski definition) is 1. The molecule has 8 heteroatoms. The molecule has 132 valence electrons. The van der Waals surface area contributed by atoms with E-state index in [2.05, 4.69) is 14.9 Å². The number of aryl methyl sites for hydroxylation is 2. The summed E-state index contributed by atoms with van der Waals surface area (Å²) in [6, 6.07) is 0. The van der Waals surface area contributed by atoms with Gasteiger partial charge in [0.25, 0.3) is 0 Å². The second-order valence-corrected chi connectivity index (χ2v) is 6.34. The molecular formula is C16H25N5O3. The van der Waals surface area contributed by atoms with Gasteiger partial charge in [-0.05, 0) is 20.9 Å². The smallest absolute Gasteiger partial charge is 0.339 e. The first kappa shape index (κ1) is 18.1. The van der Waals surface area contributed by atoms with Crippen molar-refractivity contribution < 1.29 is 9.59 Å². The third-order valence-electron chi connectivity index (χ3n) is 4.44. The molecule has 1 aromatic heterocycles. The van der Waals surface area contributed by atoms with Crippen molar-refractivity contribution in [1.29, 1.82) is 0 Å². The van der Waals surface area contributed by atoms with Gasteiger partial charge in [-0.2, -0.15) is 4.98 Å². The SMILES string of the molecule is Cc1nc(=O)[nH]c(C)c1CC(=O)N(C)CC(=O)N1CCN(C)CC1. The Kier molecular flexibility index (Phi) is 5.71. The van der Waals surface area contributed by atoms with Gasteiger partial charge in [0.05, 0.1) is 13.0 Å². The van der Waals surface area contributed by atoms with Crippen LogP contribution >= 0.6 is 0 Å². The van der Waals surface area contributed by atoms with Gasteiger partial charge in [0.2, 0.25) is 11.8 Å². The van der Waals surface area contributed by atoms with Crippen LogP contribution in [0.15, 0.2) is 4.79 Å².